The molecule has 0 aliphatic heterocycles. The van der Waals surface area contributed by atoms with Crippen LogP contribution >= 0.6 is 11.8 Å². The maximum absolute atomic E-state index is 5.52. The number of hydrogen-bond acceptors (Lipinski definition) is 5. The van der Waals surface area contributed by atoms with Crippen molar-refractivity contribution in [2.24, 2.45) is 5.92 Å². The van der Waals surface area contributed by atoms with Crippen molar-refractivity contribution in [1.82, 2.24) is 9.97 Å². The molecule has 1 aliphatic carbocycles. The van der Waals surface area contributed by atoms with Gasteiger partial charge in [-0.1, -0.05) is 0 Å². The highest BCUT2D eigenvalue weighted by Crippen LogP contribution is 2.28. The Hall–Kier alpha value is -0.810. The van der Waals surface area contributed by atoms with Gasteiger partial charge in [-0.25, -0.2) is 9.97 Å². The molecule has 1 fully saturated rings. The van der Waals surface area contributed by atoms with Crippen LogP contribution in [0.1, 0.15) is 12.8 Å². The Balaban J connectivity index is 1.63. The average Bonchev–Trinajstić information content (AvgIpc) is 3.13. The van der Waals surface area contributed by atoms with Crippen LogP contribution in [-0.2, 0) is 4.74 Å². The lowest BCUT2D eigenvalue weighted by atomic mass is 10.5. The van der Waals surface area contributed by atoms with Gasteiger partial charge in [-0.05, 0) is 25.0 Å². The molecule has 1 aromatic heterocycles. The van der Waals surface area contributed by atoms with E-state index in [2.05, 4.69) is 15.3 Å². The Morgan fingerprint density at radius 3 is 3.12 bits per heavy atom. The van der Waals surface area contributed by atoms with Crippen molar-refractivity contribution in [3.8, 4) is 0 Å². The third kappa shape index (κ3) is 3.98. The Labute approximate surface area is 100 Å². The Morgan fingerprint density at radius 1 is 1.50 bits per heavy atom. The molecule has 0 radical (unpaired) electrons. The van der Waals surface area contributed by atoms with E-state index in [0.29, 0.717) is 0 Å². The monoisotopic (exact) mass is 239 g/mol. The van der Waals surface area contributed by atoms with Gasteiger partial charge in [0.05, 0.1) is 6.61 Å². The van der Waals surface area contributed by atoms with Crippen molar-refractivity contribution in [3.63, 3.8) is 0 Å². The molecule has 1 saturated carbocycles. The molecule has 0 unspecified atom stereocenters. The zero-order valence-electron chi connectivity index (χ0n) is 9.48. The van der Waals surface area contributed by atoms with Crippen LogP contribution in [0.4, 0.5) is 5.82 Å². The predicted octanol–water partition coefficient (Wildman–Crippen LogP) is 2.04. The van der Waals surface area contributed by atoms with Gasteiger partial charge in [0.1, 0.15) is 17.2 Å². The summed E-state index contributed by atoms with van der Waals surface area (Å²) in [4.78, 5) is 8.26. The highest BCUT2D eigenvalue weighted by molar-refractivity contribution is 7.98. The molecular formula is C11H17N3OS. The number of rotatable bonds is 7. The SMILES string of the molecule is CSc1cc(NCCOCC2CC2)ncn1. The summed E-state index contributed by atoms with van der Waals surface area (Å²) < 4.78 is 5.52. The predicted molar refractivity (Wildman–Crippen MR) is 65.8 cm³/mol. The summed E-state index contributed by atoms with van der Waals surface area (Å²) in [5.41, 5.74) is 0. The second-order valence-corrected chi connectivity index (χ2v) is 4.72. The van der Waals surface area contributed by atoms with Gasteiger partial charge in [0.2, 0.25) is 0 Å². The molecule has 2 rings (SSSR count). The van der Waals surface area contributed by atoms with Crippen LogP contribution in [-0.4, -0.2) is 36.0 Å². The third-order valence-electron chi connectivity index (χ3n) is 2.45. The van der Waals surface area contributed by atoms with Gasteiger partial charge in [-0.15, -0.1) is 11.8 Å². The minimum atomic E-state index is 0.745. The van der Waals surface area contributed by atoms with E-state index in [1.54, 1.807) is 18.1 Å². The summed E-state index contributed by atoms with van der Waals surface area (Å²) in [6.07, 6.45) is 6.27. The molecule has 0 atom stereocenters. The van der Waals surface area contributed by atoms with Crippen LogP contribution in [0.15, 0.2) is 17.4 Å². The van der Waals surface area contributed by atoms with Crippen LogP contribution in [0.2, 0.25) is 0 Å². The number of hydrogen-bond donors (Lipinski definition) is 1. The molecule has 1 aliphatic rings. The fourth-order valence-corrected chi connectivity index (χ4v) is 1.72. The minimum absolute atomic E-state index is 0.745. The molecule has 1 N–H and O–H groups in total. The van der Waals surface area contributed by atoms with Crippen LogP contribution in [0, 0.1) is 5.92 Å². The Morgan fingerprint density at radius 2 is 2.38 bits per heavy atom. The van der Waals surface area contributed by atoms with Gasteiger partial charge in [-0.2, -0.15) is 0 Å². The van der Waals surface area contributed by atoms with Gasteiger partial charge < -0.3 is 10.1 Å². The Kier molecular flexibility index (Phi) is 4.42. The van der Waals surface area contributed by atoms with Crippen LogP contribution in [0.5, 0.6) is 0 Å². The summed E-state index contributed by atoms with van der Waals surface area (Å²) in [7, 11) is 0. The third-order valence-corrected chi connectivity index (χ3v) is 3.10. The number of nitrogens with one attached hydrogen (secondary N) is 1. The molecule has 1 aromatic rings. The largest absolute Gasteiger partial charge is 0.379 e. The quantitative estimate of drug-likeness (QED) is 0.448. The molecule has 16 heavy (non-hydrogen) atoms. The van der Waals surface area contributed by atoms with E-state index < -0.39 is 0 Å². The molecule has 0 aromatic carbocycles. The van der Waals surface area contributed by atoms with Crippen LogP contribution in [0.25, 0.3) is 0 Å². The van der Waals surface area contributed by atoms with Crippen LogP contribution < -0.4 is 5.32 Å². The summed E-state index contributed by atoms with van der Waals surface area (Å²) in [5, 5.41) is 4.21. The first kappa shape index (κ1) is 11.7. The van der Waals surface area contributed by atoms with E-state index in [0.717, 1.165) is 36.5 Å². The van der Waals surface area contributed by atoms with Crippen LogP contribution in [0.3, 0.4) is 0 Å². The Bertz CT molecular complexity index is 331. The zero-order chi connectivity index (χ0) is 11.2. The molecule has 0 bridgehead atoms. The second kappa shape index (κ2) is 6.06. The minimum Gasteiger partial charge on any atom is -0.379 e. The van der Waals surface area contributed by atoms with Crippen molar-refractivity contribution in [2.75, 3.05) is 31.3 Å². The molecule has 88 valence electrons. The highest BCUT2D eigenvalue weighted by atomic mass is 32.2. The lowest BCUT2D eigenvalue weighted by Crippen LogP contribution is -2.11. The van der Waals surface area contributed by atoms with Gasteiger partial charge in [-0.3, -0.25) is 0 Å². The van der Waals surface area contributed by atoms with E-state index in [9.17, 15) is 0 Å². The number of thioether (sulfide) groups is 1. The number of nitrogens with zero attached hydrogens (tertiary/aromatic N) is 2. The molecule has 1 heterocycles. The van der Waals surface area contributed by atoms with Crippen molar-refractivity contribution >= 4 is 17.6 Å². The smallest absolute Gasteiger partial charge is 0.130 e. The van der Waals surface area contributed by atoms with E-state index in [-0.39, 0.29) is 0 Å². The maximum Gasteiger partial charge on any atom is 0.130 e. The van der Waals surface area contributed by atoms with Crippen molar-refractivity contribution in [1.29, 1.82) is 0 Å². The molecule has 5 heteroatoms. The number of anilines is 1. The first-order valence-electron chi connectivity index (χ1n) is 5.56. The van der Waals surface area contributed by atoms with E-state index in [1.807, 2.05) is 12.3 Å². The molecule has 0 saturated heterocycles. The van der Waals surface area contributed by atoms with Gasteiger partial charge in [0.15, 0.2) is 0 Å². The lowest BCUT2D eigenvalue weighted by molar-refractivity contribution is 0.134. The summed E-state index contributed by atoms with van der Waals surface area (Å²) in [6.45, 7) is 2.47. The summed E-state index contributed by atoms with van der Waals surface area (Å²) in [6, 6.07) is 1.95. The topological polar surface area (TPSA) is 47.0 Å². The fourth-order valence-electron chi connectivity index (χ4n) is 1.33. The molecule has 0 amide bonds. The normalized spacial score (nSPS) is 15.1. The van der Waals surface area contributed by atoms with Gasteiger partial charge >= 0.3 is 0 Å². The van der Waals surface area contributed by atoms with E-state index >= 15 is 0 Å². The van der Waals surface area contributed by atoms with Crippen molar-refractivity contribution < 1.29 is 4.74 Å². The standard InChI is InChI=1S/C11H17N3OS/c1-16-11-6-10(13-8-14-11)12-4-5-15-7-9-2-3-9/h6,8-9H,2-5,7H2,1H3,(H,12,13,14). The molecule has 4 nitrogen and oxygen atoms in total. The van der Waals surface area contributed by atoms with E-state index in [1.165, 1.54) is 12.8 Å². The number of ether oxygens (including phenoxy) is 1. The lowest BCUT2D eigenvalue weighted by Gasteiger charge is -2.06. The second-order valence-electron chi connectivity index (χ2n) is 3.89. The van der Waals surface area contributed by atoms with Gasteiger partial charge in [0, 0.05) is 19.2 Å². The van der Waals surface area contributed by atoms with Crippen molar-refractivity contribution in [3.05, 3.63) is 12.4 Å². The highest BCUT2D eigenvalue weighted by Gasteiger charge is 2.20. The van der Waals surface area contributed by atoms with Crippen molar-refractivity contribution in [2.45, 2.75) is 17.9 Å². The number of aromatic nitrogens is 2. The average molecular weight is 239 g/mol. The molecule has 0 spiro atoms. The van der Waals surface area contributed by atoms with Gasteiger partial charge in [0.25, 0.3) is 0 Å². The first-order chi connectivity index (χ1) is 7.88. The zero-order valence-corrected chi connectivity index (χ0v) is 10.3. The summed E-state index contributed by atoms with van der Waals surface area (Å²) >= 11 is 1.62. The first-order valence-corrected chi connectivity index (χ1v) is 6.78. The molecular weight excluding hydrogens is 222 g/mol. The summed E-state index contributed by atoms with van der Waals surface area (Å²) in [5.74, 6) is 1.71. The fraction of sp³-hybridized carbons (Fsp3) is 0.636. The maximum atomic E-state index is 5.52. The van der Waals surface area contributed by atoms with E-state index in [4.69, 9.17) is 4.74 Å².